The third kappa shape index (κ3) is 7.40. The molecule has 0 heterocycles. The number of esters is 1. The van der Waals surface area contributed by atoms with Crippen molar-refractivity contribution in [2.75, 3.05) is 13.2 Å². The van der Waals surface area contributed by atoms with Crippen LogP contribution in [0.1, 0.15) is 26.7 Å². The number of amides is 1. The first kappa shape index (κ1) is 23.2. The molecule has 1 aromatic carbocycles. The molecule has 0 saturated heterocycles. The molecule has 0 fully saturated rings. The van der Waals surface area contributed by atoms with Crippen LogP contribution in [0.3, 0.4) is 0 Å². The molecule has 0 saturated carbocycles. The Balaban J connectivity index is 2.58. The average Bonchev–Trinajstić information content (AvgIpc) is 2.49. The van der Waals surface area contributed by atoms with Gasteiger partial charge in [-0.2, -0.15) is 4.72 Å². The molecule has 1 rings (SSSR count). The molecule has 0 aromatic heterocycles. The largest absolute Gasteiger partial charge is 0.455 e. The quantitative estimate of drug-likeness (QED) is 0.519. The van der Waals surface area contributed by atoms with E-state index >= 15 is 0 Å². The zero-order chi connectivity index (χ0) is 19.9. The Bertz CT molecular complexity index is 750. The Morgan fingerprint density at radius 3 is 2.38 bits per heavy atom. The lowest BCUT2D eigenvalue weighted by atomic mass is 10.2. The Morgan fingerprint density at radius 2 is 1.85 bits per heavy atom. The van der Waals surface area contributed by atoms with Crippen molar-refractivity contribution in [1.82, 2.24) is 10.0 Å². The topological polar surface area (TPSA) is 102 Å². The van der Waals surface area contributed by atoms with E-state index in [1.54, 1.807) is 0 Å². The van der Waals surface area contributed by atoms with E-state index in [1.165, 1.54) is 12.1 Å². The summed E-state index contributed by atoms with van der Waals surface area (Å²) in [6.07, 6.45) is 1.71. The van der Waals surface area contributed by atoms with Gasteiger partial charge in [0.2, 0.25) is 10.0 Å². The van der Waals surface area contributed by atoms with Crippen molar-refractivity contribution < 1.29 is 22.7 Å². The van der Waals surface area contributed by atoms with Gasteiger partial charge in [0, 0.05) is 10.5 Å². The van der Waals surface area contributed by atoms with Gasteiger partial charge in [-0.3, -0.25) is 9.59 Å². The van der Waals surface area contributed by atoms with Crippen LogP contribution >= 0.6 is 39.1 Å². The maximum absolute atomic E-state index is 12.3. The number of hydrogen-bond donors (Lipinski definition) is 2. The minimum atomic E-state index is -4.13. The van der Waals surface area contributed by atoms with Crippen LogP contribution in [0.15, 0.2) is 21.5 Å². The van der Waals surface area contributed by atoms with Crippen LogP contribution in [0.2, 0.25) is 10.0 Å². The van der Waals surface area contributed by atoms with Gasteiger partial charge in [0.05, 0.1) is 10.0 Å². The van der Waals surface area contributed by atoms with E-state index < -0.39 is 35.1 Å². The Labute approximate surface area is 170 Å². The monoisotopic (exact) mass is 488 g/mol. The van der Waals surface area contributed by atoms with Crippen LogP contribution in [0.4, 0.5) is 0 Å². The number of benzene rings is 1. The fraction of sp³-hybridized carbons (Fsp3) is 0.467. The highest BCUT2D eigenvalue weighted by Gasteiger charge is 2.23. The number of carbonyl (C=O) groups is 2. The van der Waals surface area contributed by atoms with Gasteiger partial charge < -0.3 is 10.1 Å². The van der Waals surface area contributed by atoms with Crippen LogP contribution in [0.25, 0.3) is 0 Å². The molecule has 1 unspecified atom stereocenters. The zero-order valence-corrected chi connectivity index (χ0v) is 18.1. The van der Waals surface area contributed by atoms with Crippen molar-refractivity contribution in [3.05, 3.63) is 26.7 Å². The number of sulfonamides is 1. The van der Waals surface area contributed by atoms with Crippen LogP contribution in [0.5, 0.6) is 0 Å². The summed E-state index contributed by atoms with van der Waals surface area (Å²) in [6.45, 7) is 2.67. The summed E-state index contributed by atoms with van der Waals surface area (Å²) >= 11 is 15.0. The third-order valence-corrected chi connectivity index (χ3v) is 5.91. The molecule has 2 N–H and O–H groups in total. The first-order chi connectivity index (χ1) is 12.1. The van der Waals surface area contributed by atoms with E-state index in [1.807, 2.05) is 18.6 Å². The molecule has 0 aliphatic carbocycles. The second kappa shape index (κ2) is 10.5. The third-order valence-electron chi connectivity index (χ3n) is 3.13. The van der Waals surface area contributed by atoms with Crippen molar-refractivity contribution in [3.8, 4) is 0 Å². The van der Waals surface area contributed by atoms with Crippen LogP contribution in [-0.4, -0.2) is 39.5 Å². The lowest BCUT2D eigenvalue weighted by Crippen LogP contribution is -2.37. The highest BCUT2D eigenvalue weighted by Crippen LogP contribution is 2.32. The molecule has 0 aliphatic rings. The minimum Gasteiger partial charge on any atom is -0.455 e. The summed E-state index contributed by atoms with van der Waals surface area (Å²) in [7, 11) is -4.13. The predicted octanol–water partition coefficient (Wildman–Crippen LogP) is 2.88. The number of carbonyl (C=O) groups excluding carboxylic acids is 2. The molecule has 0 aliphatic heterocycles. The standard InChI is InChI=1S/C15H19BrCl2N2O5S/c1-3-4-9(2)20-13(21)8-25-14(22)7-19-26(23,24)15-11(17)5-10(16)6-12(15)18/h5-6,9,19H,3-4,7-8H2,1-2H3,(H,20,21). The Hall–Kier alpha value is -0.870. The molecule has 1 atom stereocenters. The molecule has 26 heavy (non-hydrogen) atoms. The summed E-state index contributed by atoms with van der Waals surface area (Å²) in [6, 6.07) is 2.69. The molecule has 7 nitrogen and oxygen atoms in total. The molecular weight excluding hydrogens is 471 g/mol. The Kier molecular flexibility index (Phi) is 9.32. The van der Waals surface area contributed by atoms with Crippen molar-refractivity contribution in [2.45, 2.75) is 37.6 Å². The molecule has 1 aromatic rings. The second-order valence-corrected chi connectivity index (χ2v) is 8.87. The van der Waals surface area contributed by atoms with E-state index in [-0.39, 0.29) is 21.0 Å². The van der Waals surface area contributed by atoms with Gasteiger partial charge in [-0.05, 0) is 25.5 Å². The Morgan fingerprint density at radius 1 is 1.27 bits per heavy atom. The first-order valence-corrected chi connectivity index (χ1v) is 10.7. The van der Waals surface area contributed by atoms with Gasteiger partial charge in [0.25, 0.3) is 5.91 Å². The predicted molar refractivity (Wildman–Crippen MR) is 103 cm³/mol. The lowest BCUT2D eigenvalue weighted by molar-refractivity contribution is -0.147. The molecule has 11 heteroatoms. The molecule has 146 valence electrons. The maximum atomic E-state index is 12.3. The first-order valence-electron chi connectivity index (χ1n) is 7.66. The average molecular weight is 490 g/mol. The van der Waals surface area contributed by atoms with Gasteiger partial charge in [0.15, 0.2) is 6.61 Å². The highest BCUT2D eigenvalue weighted by molar-refractivity contribution is 9.10. The van der Waals surface area contributed by atoms with Crippen molar-refractivity contribution >= 4 is 61.0 Å². The van der Waals surface area contributed by atoms with E-state index in [9.17, 15) is 18.0 Å². The minimum absolute atomic E-state index is 0.0357. The summed E-state index contributed by atoms with van der Waals surface area (Å²) in [5, 5.41) is 2.46. The van der Waals surface area contributed by atoms with Gasteiger partial charge in [-0.1, -0.05) is 52.5 Å². The van der Waals surface area contributed by atoms with Crippen LogP contribution in [-0.2, 0) is 24.3 Å². The molecular formula is C15H19BrCl2N2O5S. The van der Waals surface area contributed by atoms with E-state index in [0.717, 1.165) is 12.8 Å². The van der Waals surface area contributed by atoms with Gasteiger partial charge in [-0.25, -0.2) is 8.42 Å². The van der Waals surface area contributed by atoms with Crippen LogP contribution in [0, 0.1) is 0 Å². The normalized spacial score (nSPS) is 12.5. The SMILES string of the molecule is CCCC(C)NC(=O)COC(=O)CNS(=O)(=O)c1c(Cl)cc(Br)cc1Cl. The molecule has 1 amide bonds. The zero-order valence-electron chi connectivity index (χ0n) is 14.1. The number of halogens is 3. The summed E-state index contributed by atoms with van der Waals surface area (Å²) in [5.41, 5.74) is 0. The summed E-state index contributed by atoms with van der Waals surface area (Å²) in [4.78, 5) is 22.9. The van der Waals surface area contributed by atoms with Crippen LogP contribution < -0.4 is 10.0 Å². The highest BCUT2D eigenvalue weighted by atomic mass is 79.9. The fourth-order valence-corrected chi connectivity index (χ4v) is 4.93. The maximum Gasteiger partial charge on any atom is 0.321 e. The summed E-state index contributed by atoms with van der Waals surface area (Å²) < 4.78 is 31.8. The number of rotatable bonds is 9. The van der Waals surface area contributed by atoms with E-state index in [0.29, 0.717) is 4.47 Å². The molecule has 0 spiro atoms. The van der Waals surface area contributed by atoms with E-state index in [2.05, 4.69) is 21.2 Å². The van der Waals surface area contributed by atoms with Gasteiger partial charge >= 0.3 is 5.97 Å². The lowest BCUT2D eigenvalue weighted by Gasteiger charge is -2.13. The smallest absolute Gasteiger partial charge is 0.321 e. The van der Waals surface area contributed by atoms with Crippen molar-refractivity contribution in [2.24, 2.45) is 0 Å². The molecule has 0 radical (unpaired) electrons. The fourth-order valence-electron chi connectivity index (χ4n) is 2.03. The van der Waals surface area contributed by atoms with Gasteiger partial charge in [-0.15, -0.1) is 0 Å². The number of nitrogens with one attached hydrogen (secondary N) is 2. The number of hydrogen-bond acceptors (Lipinski definition) is 5. The van der Waals surface area contributed by atoms with E-state index in [4.69, 9.17) is 27.9 Å². The second-order valence-electron chi connectivity index (χ2n) is 5.44. The van der Waals surface area contributed by atoms with Crippen molar-refractivity contribution in [1.29, 1.82) is 0 Å². The number of ether oxygens (including phenoxy) is 1. The summed E-state index contributed by atoms with van der Waals surface area (Å²) in [5.74, 6) is -1.36. The van der Waals surface area contributed by atoms with Crippen molar-refractivity contribution in [3.63, 3.8) is 0 Å². The molecule has 0 bridgehead atoms. The van der Waals surface area contributed by atoms with Gasteiger partial charge in [0.1, 0.15) is 11.4 Å².